The van der Waals surface area contributed by atoms with Gasteiger partial charge in [0.15, 0.2) is 11.5 Å². The van der Waals surface area contributed by atoms with E-state index in [0.717, 1.165) is 46.1 Å². The number of para-hydroxylation sites is 1. The van der Waals surface area contributed by atoms with E-state index in [1.165, 1.54) is 12.1 Å². The summed E-state index contributed by atoms with van der Waals surface area (Å²) in [6.07, 6.45) is 0.331. The zero-order valence-electron chi connectivity index (χ0n) is 16.1. The van der Waals surface area contributed by atoms with Crippen LogP contribution in [0, 0.1) is 5.82 Å². The third kappa shape index (κ3) is 2.79. The molecule has 6 heteroatoms. The van der Waals surface area contributed by atoms with Gasteiger partial charge in [-0.3, -0.25) is 0 Å². The second-order valence-electron chi connectivity index (χ2n) is 7.56. The van der Waals surface area contributed by atoms with E-state index in [1.54, 1.807) is 12.1 Å². The summed E-state index contributed by atoms with van der Waals surface area (Å²) in [6, 6.07) is 20.4. The second kappa shape index (κ2) is 6.76. The molecule has 0 N–H and O–H groups in total. The van der Waals surface area contributed by atoms with Crippen LogP contribution in [0.4, 0.5) is 4.39 Å². The molecule has 0 saturated carbocycles. The van der Waals surface area contributed by atoms with Crippen molar-refractivity contribution < 1.29 is 18.6 Å². The maximum Gasteiger partial charge on any atom is 0.213 e. The molecule has 3 heterocycles. The molecule has 3 aliphatic heterocycles. The molecular formula is C24H19FN2O3. The van der Waals surface area contributed by atoms with E-state index in [-0.39, 0.29) is 11.9 Å². The van der Waals surface area contributed by atoms with Crippen LogP contribution in [0.1, 0.15) is 35.4 Å². The molecule has 0 saturated heterocycles. The number of hydrogen-bond acceptors (Lipinski definition) is 5. The summed E-state index contributed by atoms with van der Waals surface area (Å²) in [7, 11) is 0. The summed E-state index contributed by atoms with van der Waals surface area (Å²) >= 11 is 0. The maximum atomic E-state index is 13.5. The highest BCUT2D eigenvalue weighted by Crippen LogP contribution is 2.47. The number of ether oxygens (including phenoxy) is 3. The number of nitrogens with zero attached hydrogens (tertiary/aromatic N) is 2. The number of hydrogen-bond donors (Lipinski definition) is 0. The molecule has 5 nitrogen and oxygen atoms in total. The van der Waals surface area contributed by atoms with Crippen LogP contribution in [-0.2, 0) is 0 Å². The van der Waals surface area contributed by atoms with Crippen LogP contribution in [0.5, 0.6) is 17.2 Å². The van der Waals surface area contributed by atoms with Crippen LogP contribution in [0.3, 0.4) is 0 Å². The monoisotopic (exact) mass is 402 g/mol. The van der Waals surface area contributed by atoms with E-state index in [0.29, 0.717) is 13.2 Å². The van der Waals surface area contributed by atoms with Gasteiger partial charge in [0.05, 0.1) is 11.8 Å². The van der Waals surface area contributed by atoms with Crippen LogP contribution in [0.25, 0.3) is 0 Å². The van der Waals surface area contributed by atoms with Crippen molar-refractivity contribution in [3.63, 3.8) is 0 Å². The van der Waals surface area contributed by atoms with E-state index < -0.39 is 6.23 Å². The molecule has 0 aliphatic carbocycles. The molecule has 30 heavy (non-hydrogen) atoms. The van der Waals surface area contributed by atoms with Gasteiger partial charge >= 0.3 is 0 Å². The normalized spacial score (nSPS) is 21.4. The molecule has 0 bridgehead atoms. The highest BCUT2D eigenvalue weighted by atomic mass is 19.1. The lowest BCUT2D eigenvalue weighted by molar-refractivity contribution is -0.0190. The minimum Gasteiger partial charge on any atom is -0.486 e. The Morgan fingerprint density at radius 3 is 2.53 bits per heavy atom. The maximum absolute atomic E-state index is 13.5. The van der Waals surface area contributed by atoms with Crippen molar-refractivity contribution in [2.24, 2.45) is 5.10 Å². The molecule has 3 aromatic rings. The minimum absolute atomic E-state index is 0.0493. The standard InChI is InChI=1S/C24H19FN2O3/c25-17-8-5-15(6-9-17)24-27-20(18-3-1-2-4-21(18)30-24)14-19(26-27)16-7-10-22-23(13-16)29-12-11-28-22/h1-10,13,20,24H,11-12,14H2/t20-,24+/m1/s1. The topological polar surface area (TPSA) is 43.3 Å². The highest BCUT2D eigenvalue weighted by molar-refractivity contribution is 6.02. The molecule has 0 amide bonds. The Hall–Kier alpha value is -3.54. The minimum atomic E-state index is -0.416. The van der Waals surface area contributed by atoms with Crippen molar-refractivity contribution in [2.75, 3.05) is 13.2 Å². The Labute approximate surface area is 173 Å². The molecule has 0 aromatic heterocycles. The van der Waals surface area contributed by atoms with Crippen molar-refractivity contribution >= 4 is 5.71 Å². The van der Waals surface area contributed by atoms with Gasteiger partial charge in [0.1, 0.15) is 24.8 Å². The summed E-state index contributed by atoms with van der Waals surface area (Å²) in [6.45, 7) is 1.11. The van der Waals surface area contributed by atoms with Crippen LogP contribution in [-0.4, -0.2) is 23.9 Å². The summed E-state index contributed by atoms with van der Waals surface area (Å²) in [5.41, 5.74) is 3.93. The fourth-order valence-corrected chi connectivity index (χ4v) is 4.28. The molecule has 150 valence electrons. The average molecular weight is 402 g/mol. The van der Waals surface area contributed by atoms with E-state index in [1.807, 2.05) is 41.4 Å². The van der Waals surface area contributed by atoms with E-state index in [4.69, 9.17) is 19.3 Å². The Kier molecular flexibility index (Phi) is 3.91. The molecule has 2 atom stereocenters. The Morgan fingerprint density at radius 2 is 1.67 bits per heavy atom. The molecule has 0 fully saturated rings. The third-order valence-electron chi connectivity index (χ3n) is 5.73. The van der Waals surface area contributed by atoms with Crippen molar-refractivity contribution in [2.45, 2.75) is 18.7 Å². The van der Waals surface area contributed by atoms with E-state index >= 15 is 0 Å². The molecule has 3 aliphatic rings. The number of fused-ring (bicyclic) bond motifs is 4. The van der Waals surface area contributed by atoms with Gasteiger partial charge in [-0.15, -0.1) is 0 Å². The Bertz CT molecular complexity index is 1150. The third-order valence-corrected chi connectivity index (χ3v) is 5.73. The molecule has 0 spiro atoms. The summed E-state index contributed by atoms with van der Waals surface area (Å²) in [5, 5.41) is 6.93. The zero-order valence-corrected chi connectivity index (χ0v) is 16.1. The first-order valence-corrected chi connectivity index (χ1v) is 10.0. The molecule has 3 aromatic carbocycles. The number of hydrazone groups is 1. The highest BCUT2D eigenvalue weighted by Gasteiger charge is 2.41. The predicted octanol–water partition coefficient (Wildman–Crippen LogP) is 4.84. The fourth-order valence-electron chi connectivity index (χ4n) is 4.28. The van der Waals surface area contributed by atoms with Crippen LogP contribution >= 0.6 is 0 Å². The zero-order chi connectivity index (χ0) is 20.1. The lowest BCUT2D eigenvalue weighted by atomic mass is 9.95. The van der Waals surface area contributed by atoms with Gasteiger partial charge in [0, 0.05) is 23.1 Å². The first-order valence-electron chi connectivity index (χ1n) is 10.0. The van der Waals surface area contributed by atoms with Gasteiger partial charge in [-0.1, -0.05) is 30.3 Å². The quantitative estimate of drug-likeness (QED) is 0.615. The van der Waals surface area contributed by atoms with Gasteiger partial charge in [0.25, 0.3) is 0 Å². The van der Waals surface area contributed by atoms with E-state index in [2.05, 4.69) is 6.07 Å². The van der Waals surface area contributed by atoms with Crippen LogP contribution < -0.4 is 14.2 Å². The molecule has 6 rings (SSSR count). The summed E-state index contributed by atoms with van der Waals surface area (Å²) in [5.74, 6) is 2.08. The van der Waals surface area contributed by atoms with Gasteiger partial charge in [-0.2, -0.15) is 5.10 Å². The number of halogens is 1. The second-order valence-corrected chi connectivity index (χ2v) is 7.56. The van der Waals surface area contributed by atoms with Crippen LogP contribution in [0.2, 0.25) is 0 Å². The van der Waals surface area contributed by atoms with Crippen molar-refractivity contribution in [1.82, 2.24) is 5.01 Å². The average Bonchev–Trinajstić information content (AvgIpc) is 3.25. The Morgan fingerprint density at radius 1 is 0.867 bits per heavy atom. The lowest BCUT2D eigenvalue weighted by Crippen LogP contribution is -2.33. The van der Waals surface area contributed by atoms with Crippen LogP contribution in [0.15, 0.2) is 71.8 Å². The predicted molar refractivity (Wildman–Crippen MR) is 109 cm³/mol. The largest absolute Gasteiger partial charge is 0.486 e. The lowest BCUT2D eigenvalue weighted by Gasteiger charge is -2.38. The first kappa shape index (κ1) is 17.3. The molecular weight excluding hydrogens is 383 g/mol. The van der Waals surface area contributed by atoms with Crippen molar-refractivity contribution in [3.8, 4) is 17.2 Å². The van der Waals surface area contributed by atoms with Gasteiger partial charge in [0.2, 0.25) is 6.23 Å². The van der Waals surface area contributed by atoms with Crippen molar-refractivity contribution in [1.29, 1.82) is 0 Å². The smallest absolute Gasteiger partial charge is 0.213 e. The van der Waals surface area contributed by atoms with E-state index in [9.17, 15) is 4.39 Å². The summed E-state index contributed by atoms with van der Waals surface area (Å²) in [4.78, 5) is 0. The van der Waals surface area contributed by atoms with Gasteiger partial charge in [-0.25, -0.2) is 9.40 Å². The fraction of sp³-hybridized carbons (Fsp3) is 0.208. The molecule has 0 radical (unpaired) electrons. The number of rotatable bonds is 2. The van der Waals surface area contributed by atoms with Gasteiger partial charge < -0.3 is 14.2 Å². The Balaban J connectivity index is 1.41. The number of benzene rings is 3. The van der Waals surface area contributed by atoms with Gasteiger partial charge in [-0.05, 0) is 36.4 Å². The summed E-state index contributed by atoms with van der Waals surface area (Å²) < 4.78 is 31.2. The SMILES string of the molecule is Fc1ccc([C@@H]2Oc3ccccc3[C@H]3CC(c4ccc5c(c4)OCCO5)=NN32)cc1. The molecule has 0 unspecified atom stereocenters. The first-order chi connectivity index (χ1) is 14.8. The van der Waals surface area contributed by atoms with Crippen molar-refractivity contribution in [3.05, 3.63) is 89.2 Å².